The van der Waals surface area contributed by atoms with E-state index in [9.17, 15) is 4.79 Å². The van der Waals surface area contributed by atoms with Crippen molar-refractivity contribution in [3.63, 3.8) is 0 Å². The summed E-state index contributed by atoms with van der Waals surface area (Å²) in [5.74, 6) is 3.14. The Hall–Kier alpha value is -2.35. The van der Waals surface area contributed by atoms with Crippen molar-refractivity contribution >= 4 is 5.97 Å². The van der Waals surface area contributed by atoms with Crippen LogP contribution in [-0.4, -0.2) is 12.1 Å². The molecule has 1 aromatic rings. The summed E-state index contributed by atoms with van der Waals surface area (Å²) in [6, 6.07) is 9.39. The van der Waals surface area contributed by atoms with Crippen LogP contribution in [0.15, 0.2) is 77.4 Å². The van der Waals surface area contributed by atoms with Gasteiger partial charge < -0.3 is 4.74 Å². The van der Waals surface area contributed by atoms with Crippen molar-refractivity contribution < 1.29 is 9.53 Å². The van der Waals surface area contributed by atoms with Crippen molar-refractivity contribution in [2.75, 3.05) is 0 Å². The summed E-state index contributed by atoms with van der Waals surface area (Å²) in [7, 11) is 0. The van der Waals surface area contributed by atoms with Crippen LogP contribution in [0.1, 0.15) is 90.4 Å². The number of hydrogen-bond acceptors (Lipinski definition) is 2. The van der Waals surface area contributed by atoms with Gasteiger partial charge in [0.1, 0.15) is 6.10 Å². The molecule has 0 radical (unpaired) electrons. The molecule has 0 aliphatic heterocycles. The minimum atomic E-state index is -0.197. The molecule has 0 bridgehead atoms. The maximum Gasteiger partial charge on any atom is 0.338 e. The molecule has 5 rings (SSSR count). The Morgan fingerprint density at radius 3 is 2.49 bits per heavy atom. The number of carbonyl (C=O) groups is 1. The molecule has 2 heteroatoms. The molecule has 7 atom stereocenters. The number of fused-ring (bicyclic) bond motifs is 5. The standard InChI is InChI=1S/C35H46O2/c1-23(2)24(3)12-13-25(4)30-16-17-31-29-15-14-27-22-28(37-33(36)26-10-8-7-9-11-26)18-20-34(27,5)32(29)19-21-35(30,31)6/h7-15,19,23-25,28,30-31H,16-18,20-22H2,1-6H3/b13-12+. The second-order valence-corrected chi connectivity index (χ2v) is 13.2. The number of hydrogen-bond donors (Lipinski definition) is 0. The summed E-state index contributed by atoms with van der Waals surface area (Å²) in [5, 5.41) is 0. The molecule has 4 aliphatic rings. The third-order valence-electron chi connectivity index (χ3n) is 10.7. The van der Waals surface area contributed by atoms with Crippen molar-refractivity contribution in [3.05, 3.63) is 83.0 Å². The van der Waals surface area contributed by atoms with Crippen LogP contribution in [0.25, 0.3) is 0 Å². The summed E-state index contributed by atoms with van der Waals surface area (Å²) in [5.41, 5.74) is 5.69. The third-order valence-corrected chi connectivity index (χ3v) is 10.7. The topological polar surface area (TPSA) is 26.3 Å². The molecule has 0 saturated heterocycles. The number of rotatable bonds is 6. The number of benzene rings is 1. The van der Waals surface area contributed by atoms with Crippen LogP contribution in [0, 0.1) is 40.4 Å². The fraction of sp³-hybridized carbons (Fsp3) is 0.571. The molecule has 2 fully saturated rings. The molecule has 0 aromatic heterocycles. The zero-order valence-corrected chi connectivity index (χ0v) is 23.8. The Labute approximate surface area is 225 Å². The van der Waals surface area contributed by atoms with E-state index in [1.165, 1.54) is 24.8 Å². The average Bonchev–Trinajstić information content (AvgIpc) is 3.25. The molecular formula is C35H46O2. The number of ether oxygens (including phenoxy) is 1. The average molecular weight is 499 g/mol. The molecule has 0 amide bonds. The number of allylic oxidation sites excluding steroid dienone is 7. The first kappa shape index (κ1) is 26.3. The lowest BCUT2D eigenvalue weighted by atomic mass is 9.54. The van der Waals surface area contributed by atoms with Crippen LogP contribution in [0.3, 0.4) is 0 Å². The van der Waals surface area contributed by atoms with Crippen LogP contribution in [0.2, 0.25) is 0 Å². The first-order valence-corrected chi connectivity index (χ1v) is 14.7. The Morgan fingerprint density at radius 1 is 1.00 bits per heavy atom. The van der Waals surface area contributed by atoms with Crippen molar-refractivity contribution in [2.45, 2.75) is 86.2 Å². The monoisotopic (exact) mass is 498 g/mol. The highest BCUT2D eigenvalue weighted by Crippen LogP contribution is 2.64. The Balaban J connectivity index is 1.33. The molecule has 7 unspecified atom stereocenters. The largest absolute Gasteiger partial charge is 0.458 e. The SMILES string of the molecule is CC(C)C(C)/C=C/C(C)C1CCC2C3=CC=C4CC(OC(=O)c5ccccc5)CCC4(C)C3=CCC21C. The van der Waals surface area contributed by atoms with Crippen LogP contribution in [0.4, 0.5) is 0 Å². The highest BCUT2D eigenvalue weighted by Gasteiger charge is 2.54. The van der Waals surface area contributed by atoms with Gasteiger partial charge >= 0.3 is 5.97 Å². The van der Waals surface area contributed by atoms with Gasteiger partial charge in [-0.2, -0.15) is 0 Å². The zero-order chi connectivity index (χ0) is 26.4. The summed E-state index contributed by atoms with van der Waals surface area (Å²) in [6.07, 6.45) is 19.0. The molecule has 198 valence electrons. The summed E-state index contributed by atoms with van der Waals surface area (Å²) in [6.45, 7) is 14.4. The first-order chi connectivity index (χ1) is 17.6. The third kappa shape index (κ3) is 4.70. The van der Waals surface area contributed by atoms with E-state index in [1.807, 2.05) is 30.3 Å². The van der Waals surface area contributed by atoms with E-state index in [1.54, 1.807) is 11.1 Å². The smallest absolute Gasteiger partial charge is 0.338 e. The van der Waals surface area contributed by atoms with Crippen molar-refractivity contribution in [2.24, 2.45) is 40.4 Å². The predicted octanol–water partition coefficient (Wildman–Crippen LogP) is 9.12. The van der Waals surface area contributed by atoms with Gasteiger partial charge in [0.05, 0.1) is 5.56 Å². The lowest BCUT2D eigenvalue weighted by molar-refractivity contribution is 0.0201. The number of carbonyl (C=O) groups excluding carboxylic acids is 1. The summed E-state index contributed by atoms with van der Waals surface area (Å²) in [4.78, 5) is 12.7. The van der Waals surface area contributed by atoms with Gasteiger partial charge in [-0.05, 0) is 90.4 Å². The van der Waals surface area contributed by atoms with Crippen LogP contribution in [0.5, 0.6) is 0 Å². The van der Waals surface area contributed by atoms with Gasteiger partial charge in [0, 0.05) is 11.8 Å². The van der Waals surface area contributed by atoms with E-state index >= 15 is 0 Å². The molecule has 1 aromatic carbocycles. The van der Waals surface area contributed by atoms with E-state index in [-0.39, 0.29) is 17.5 Å². The lowest BCUT2D eigenvalue weighted by Gasteiger charge is -2.50. The summed E-state index contributed by atoms with van der Waals surface area (Å²) >= 11 is 0. The fourth-order valence-corrected chi connectivity index (χ4v) is 7.84. The van der Waals surface area contributed by atoms with Crippen molar-refractivity contribution in [1.82, 2.24) is 0 Å². The molecule has 4 aliphatic carbocycles. The van der Waals surface area contributed by atoms with Gasteiger partial charge in [-0.3, -0.25) is 0 Å². The lowest BCUT2D eigenvalue weighted by Crippen LogP contribution is -2.41. The van der Waals surface area contributed by atoms with E-state index in [0.29, 0.717) is 34.7 Å². The minimum Gasteiger partial charge on any atom is -0.458 e. The quantitative estimate of drug-likeness (QED) is 0.289. The van der Waals surface area contributed by atoms with Gasteiger partial charge in [-0.25, -0.2) is 4.79 Å². The molecule has 2 saturated carbocycles. The Kier molecular flexibility index (Phi) is 7.16. The predicted molar refractivity (Wildman–Crippen MR) is 153 cm³/mol. The van der Waals surface area contributed by atoms with Gasteiger partial charge in [-0.1, -0.05) is 95.7 Å². The zero-order valence-electron chi connectivity index (χ0n) is 23.8. The maximum atomic E-state index is 12.7. The molecular weight excluding hydrogens is 452 g/mol. The second kappa shape index (κ2) is 10.1. The van der Waals surface area contributed by atoms with Crippen LogP contribution in [-0.2, 0) is 4.74 Å². The normalized spacial score (nSPS) is 34.6. The van der Waals surface area contributed by atoms with E-state index in [4.69, 9.17) is 4.74 Å². The van der Waals surface area contributed by atoms with Gasteiger partial charge in [-0.15, -0.1) is 0 Å². The van der Waals surface area contributed by atoms with E-state index in [0.717, 1.165) is 25.2 Å². The molecule has 37 heavy (non-hydrogen) atoms. The van der Waals surface area contributed by atoms with E-state index in [2.05, 4.69) is 71.9 Å². The Bertz CT molecular complexity index is 1140. The second-order valence-electron chi connectivity index (χ2n) is 13.2. The van der Waals surface area contributed by atoms with Crippen LogP contribution >= 0.6 is 0 Å². The minimum absolute atomic E-state index is 0.0341. The maximum absolute atomic E-state index is 12.7. The Morgan fingerprint density at radius 2 is 1.76 bits per heavy atom. The van der Waals surface area contributed by atoms with Gasteiger partial charge in [0.15, 0.2) is 0 Å². The van der Waals surface area contributed by atoms with Crippen LogP contribution < -0.4 is 0 Å². The van der Waals surface area contributed by atoms with Gasteiger partial charge in [0.25, 0.3) is 0 Å². The molecule has 0 N–H and O–H groups in total. The molecule has 0 spiro atoms. The fourth-order valence-electron chi connectivity index (χ4n) is 7.84. The molecule has 2 nitrogen and oxygen atoms in total. The summed E-state index contributed by atoms with van der Waals surface area (Å²) < 4.78 is 5.96. The van der Waals surface area contributed by atoms with Crippen molar-refractivity contribution in [1.29, 1.82) is 0 Å². The van der Waals surface area contributed by atoms with Crippen molar-refractivity contribution in [3.8, 4) is 0 Å². The highest BCUT2D eigenvalue weighted by molar-refractivity contribution is 5.89. The van der Waals surface area contributed by atoms with E-state index < -0.39 is 0 Å². The first-order valence-electron chi connectivity index (χ1n) is 14.7. The highest BCUT2D eigenvalue weighted by atomic mass is 16.5. The number of esters is 1. The van der Waals surface area contributed by atoms with Gasteiger partial charge in [0.2, 0.25) is 0 Å². The molecule has 0 heterocycles.